The van der Waals surface area contributed by atoms with Gasteiger partial charge in [0.25, 0.3) is 0 Å². The monoisotopic (exact) mass is 110 g/mol. The van der Waals surface area contributed by atoms with E-state index >= 15 is 0 Å². The normalized spacial score (nSPS) is 16.8. The SMILES string of the molecule is OC1=CNN=CC=C1. The Kier molecular flexibility index (Phi) is 1.32. The van der Waals surface area contributed by atoms with Gasteiger partial charge in [-0.05, 0) is 12.2 Å². The molecule has 0 aromatic carbocycles. The van der Waals surface area contributed by atoms with Gasteiger partial charge in [-0.15, -0.1) is 0 Å². The lowest BCUT2D eigenvalue weighted by atomic mass is 10.4. The maximum absolute atomic E-state index is 8.72. The average Bonchev–Trinajstić information content (AvgIpc) is 1.94. The lowest BCUT2D eigenvalue weighted by molar-refractivity contribution is 0.428. The lowest BCUT2D eigenvalue weighted by Gasteiger charge is -1.85. The van der Waals surface area contributed by atoms with Crippen LogP contribution in [-0.2, 0) is 0 Å². The summed E-state index contributed by atoms with van der Waals surface area (Å²) in [7, 11) is 0. The summed E-state index contributed by atoms with van der Waals surface area (Å²) in [6.07, 6.45) is 6.15. The second kappa shape index (κ2) is 2.16. The summed E-state index contributed by atoms with van der Waals surface area (Å²) in [5, 5.41) is 12.3. The minimum absolute atomic E-state index is 0.183. The first-order valence-corrected chi connectivity index (χ1v) is 2.24. The number of hydrogen-bond acceptors (Lipinski definition) is 3. The fraction of sp³-hybridized carbons (Fsp3) is 0. The molecule has 0 bridgehead atoms. The van der Waals surface area contributed by atoms with Gasteiger partial charge in [0.05, 0.1) is 6.20 Å². The highest BCUT2D eigenvalue weighted by Gasteiger charge is 1.83. The first kappa shape index (κ1) is 4.90. The van der Waals surface area contributed by atoms with Gasteiger partial charge in [0, 0.05) is 6.21 Å². The number of hydrazone groups is 1. The van der Waals surface area contributed by atoms with Gasteiger partial charge in [-0.3, -0.25) is 5.43 Å². The minimum Gasteiger partial charge on any atom is -0.506 e. The molecule has 0 spiro atoms. The fourth-order valence-electron chi connectivity index (χ4n) is 0.379. The molecule has 0 amide bonds. The standard InChI is InChI=1S/C5H6N2O/c8-5-2-1-3-6-7-4-5/h1-4,7-8H. The summed E-state index contributed by atoms with van der Waals surface area (Å²) >= 11 is 0. The Labute approximate surface area is 47.0 Å². The Morgan fingerprint density at radius 2 is 2.50 bits per heavy atom. The number of aliphatic hydroxyl groups is 1. The van der Waals surface area contributed by atoms with Crippen molar-refractivity contribution < 1.29 is 5.11 Å². The van der Waals surface area contributed by atoms with Gasteiger partial charge in [-0.2, -0.15) is 5.10 Å². The van der Waals surface area contributed by atoms with Gasteiger partial charge in [0.1, 0.15) is 5.76 Å². The molecule has 0 atom stereocenters. The average molecular weight is 110 g/mol. The predicted molar refractivity (Wildman–Crippen MR) is 31.5 cm³/mol. The fourth-order valence-corrected chi connectivity index (χ4v) is 0.379. The van der Waals surface area contributed by atoms with E-state index in [0.29, 0.717) is 0 Å². The first-order valence-electron chi connectivity index (χ1n) is 2.24. The maximum Gasteiger partial charge on any atom is 0.133 e. The van der Waals surface area contributed by atoms with Crippen LogP contribution in [0.5, 0.6) is 0 Å². The largest absolute Gasteiger partial charge is 0.506 e. The van der Waals surface area contributed by atoms with E-state index in [9.17, 15) is 0 Å². The van der Waals surface area contributed by atoms with Crippen molar-refractivity contribution in [2.24, 2.45) is 5.10 Å². The van der Waals surface area contributed by atoms with Crippen LogP contribution in [0.4, 0.5) is 0 Å². The van der Waals surface area contributed by atoms with Gasteiger partial charge < -0.3 is 5.11 Å². The summed E-state index contributed by atoms with van der Waals surface area (Å²) < 4.78 is 0. The van der Waals surface area contributed by atoms with E-state index in [2.05, 4.69) is 10.5 Å². The van der Waals surface area contributed by atoms with Gasteiger partial charge in [-0.25, -0.2) is 0 Å². The van der Waals surface area contributed by atoms with Crippen LogP contribution in [0.1, 0.15) is 0 Å². The molecule has 0 fully saturated rings. The van der Waals surface area contributed by atoms with Crippen LogP contribution in [0.15, 0.2) is 29.2 Å². The second-order valence-electron chi connectivity index (χ2n) is 1.34. The van der Waals surface area contributed by atoms with Crippen LogP contribution in [0.2, 0.25) is 0 Å². The van der Waals surface area contributed by atoms with Crippen LogP contribution in [0.3, 0.4) is 0 Å². The molecular formula is C5H6N2O. The molecular weight excluding hydrogens is 104 g/mol. The number of hydrogen-bond donors (Lipinski definition) is 2. The van der Waals surface area contributed by atoms with Gasteiger partial charge >= 0.3 is 0 Å². The molecule has 1 aliphatic heterocycles. The predicted octanol–water partition coefficient (Wildman–Crippen LogP) is 0.531. The summed E-state index contributed by atoms with van der Waals surface area (Å²) in [4.78, 5) is 0. The number of nitrogens with one attached hydrogen (secondary N) is 1. The molecule has 1 heterocycles. The summed E-state index contributed by atoms with van der Waals surface area (Å²) in [6, 6.07) is 0. The van der Waals surface area contributed by atoms with E-state index < -0.39 is 0 Å². The van der Waals surface area contributed by atoms with Crippen LogP contribution < -0.4 is 5.43 Å². The molecule has 0 aromatic rings. The Bertz CT molecular complexity index is 155. The molecule has 0 saturated heterocycles. The van der Waals surface area contributed by atoms with E-state index in [-0.39, 0.29) is 5.76 Å². The molecule has 0 aliphatic carbocycles. The highest BCUT2D eigenvalue weighted by Crippen LogP contribution is 1.88. The number of rotatable bonds is 0. The molecule has 3 nitrogen and oxygen atoms in total. The summed E-state index contributed by atoms with van der Waals surface area (Å²) in [5.41, 5.74) is 2.49. The van der Waals surface area contributed by atoms with Gasteiger partial charge in [-0.1, -0.05) is 0 Å². The Balaban J connectivity index is 2.69. The smallest absolute Gasteiger partial charge is 0.133 e. The Morgan fingerprint density at radius 3 is 3.38 bits per heavy atom. The summed E-state index contributed by atoms with van der Waals surface area (Å²) in [5.74, 6) is 0.183. The zero-order valence-electron chi connectivity index (χ0n) is 4.20. The van der Waals surface area contributed by atoms with Crippen molar-refractivity contribution in [3.8, 4) is 0 Å². The Morgan fingerprint density at radius 1 is 1.62 bits per heavy atom. The van der Waals surface area contributed by atoms with Crippen LogP contribution in [0, 0.1) is 0 Å². The topological polar surface area (TPSA) is 44.6 Å². The third-order valence-electron chi connectivity index (χ3n) is 0.715. The van der Waals surface area contributed by atoms with Crippen molar-refractivity contribution in [2.75, 3.05) is 0 Å². The van der Waals surface area contributed by atoms with Crippen molar-refractivity contribution in [1.29, 1.82) is 0 Å². The van der Waals surface area contributed by atoms with Crippen molar-refractivity contribution in [3.63, 3.8) is 0 Å². The van der Waals surface area contributed by atoms with Crippen molar-refractivity contribution >= 4 is 6.21 Å². The van der Waals surface area contributed by atoms with Crippen molar-refractivity contribution in [2.45, 2.75) is 0 Å². The molecule has 0 unspecified atom stereocenters. The molecule has 2 N–H and O–H groups in total. The third-order valence-corrected chi connectivity index (χ3v) is 0.715. The van der Waals surface area contributed by atoms with Crippen molar-refractivity contribution in [3.05, 3.63) is 24.1 Å². The van der Waals surface area contributed by atoms with Gasteiger partial charge in [0.2, 0.25) is 0 Å². The molecule has 1 aliphatic rings. The van der Waals surface area contributed by atoms with Crippen LogP contribution in [-0.4, -0.2) is 11.3 Å². The minimum atomic E-state index is 0.183. The molecule has 8 heavy (non-hydrogen) atoms. The number of nitrogens with zero attached hydrogens (tertiary/aromatic N) is 1. The van der Waals surface area contributed by atoms with E-state index in [1.807, 2.05) is 0 Å². The molecule has 0 radical (unpaired) electrons. The zero-order chi connectivity index (χ0) is 5.82. The van der Waals surface area contributed by atoms with E-state index in [0.717, 1.165) is 0 Å². The zero-order valence-corrected chi connectivity index (χ0v) is 4.20. The highest BCUT2D eigenvalue weighted by atomic mass is 16.3. The third kappa shape index (κ3) is 1.11. The Hall–Kier alpha value is -1.25. The first-order chi connectivity index (χ1) is 3.89. The maximum atomic E-state index is 8.72. The van der Waals surface area contributed by atoms with Gasteiger partial charge in [0.15, 0.2) is 0 Å². The van der Waals surface area contributed by atoms with Crippen molar-refractivity contribution in [1.82, 2.24) is 5.43 Å². The number of aliphatic hydroxyl groups excluding tert-OH is 1. The van der Waals surface area contributed by atoms with E-state index in [4.69, 9.17) is 5.11 Å². The summed E-state index contributed by atoms with van der Waals surface area (Å²) in [6.45, 7) is 0. The number of allylic oxidation sites excluding steroid dienone is 2. The molecule has 42 valence electrons. The second-order valence-corrected chi connectivity index (χ2v) is 1.34. The lowest BCUT2D eigenvalue weighted by Crippen LogP contribution is -1.92. The molecule has 3 heteroatoms. The van der Waals surface area contributed by atoms with Crippen LogP contribution in [0.25, 0.3) is 0 Å². The van der Waals surface area contributed by atoms with Crippen LogP contribution >= 0.6 is 0 Å². The van der Waals surface area contributed by atoms with E-state index in [1.54, 1.807) is 18.4 Å². The molecule has 0 aromatic heterocycles. The molecule has 0 saturated carbocycles. The quantitative estimate of drug-likeness (QED) is 0.477. The molecule has 1 rings (SSSR count). The highest BCUT2D eigenvalue weighted by molar-refractivity contribution is 5.71. The van der Waals surface area contributed by atoms with E-state index in [1.165, 1.54) is 6.20 Å².